The molecule has 0 spiro atoms. The summed E-state index contributed by atoms with van der Waals surface area (Å²) in [5.41, 5.74) is 5.30. The number of benzene rings is 2. The second-order valence-corrected chi connectivity index (χ2v) is 7.17. The minimum Gasteiger partial charge on any atom is -0.339 e. The van der Waals surface area contributed by atoms with Crippen molar-refractivity contribution < 1.29 is 9.32 Å². The molecule has 0 aliphatic rings. The smallest absolute Gasteiger partial charge is 0.232 e. The van der Waals surface area contributed by atoms with Crippen LogP contribution < -0.4 is 5.32 Å². The molecule has 0 unspecified atom stereocenters. The Morgan fingerprint density at radius 2 is 1.81 bits per heavy atom. The van der Waals surface area contributed by atoms with Crippen LogP contribution in [-0.4, -0.2) is 16.0 Å². The maximum atomic E-state index is 12.3. The summed E-state index contributed by atoms with van der Waals surface area (Å²) in [7, 11) is 0. The van der Waals surface area contributed by atoms with Crippen LogP contribution in [0.2, 0.25) is 0 Å². The summed E-state index contributed by atoms with van der Waals surface area (Å²) in [6, 6.07) is 14.3. The van der Waals surface area contributed by atoms with E-state index < -0.39 is 0 Å². The van der Waals surface area contributed by atoms with E-state index in [2.05, 4.69) is 41.4 Å². The van der Waals surface area contributed by atoms with Gasteiger partial charge in [-0.05, 0) is 42.0 Å². The number of hydrogen-bond donors (Lipinski definition) is 1. The number of carbonyl (C=O) groups is 1. The van der Waals surface area contributed by atoms with Gasteiger partial charge in [-0.25, -0.2) is 0 Å². The molecule has 3 aromatic rings. The van der Waals surface area contributed by atoms with Gasteiger partial charge in [-0.15, -0.1) is 0 Å². The lowest BCUT2D eigenvalue weighted by molar-refractivity contribution is -0.115. The Balaban J connectivity index is 1.64. The zero-order valence-corrected chi connectivity index (χ0v) is 16.2. The number of aromatic nitrogens is 2. The number of anilines is 1. The number of aryl methyl sites for hydroxylation is 2. The van der Waals surface area contributed by atoms with Gasteiger partial charge in [0.15, 0.2) is 5.82 Å². The summed E-state index contributed by atoms with van der Waals surface area (Å²) in [6.45, 7) is 8.28. The Morgan fingerprint density at radius 3 is 2.52 bits per heavy atom. The van der Waals surface area contributed by atoms with Crippen molar-refractivity contribution in [2.45, 2.75) is 46.5 Å². The number of amides is 1. The Hall–Kier alpha value is -2.95. The van der Waals surface area contributed by atoms with Gasteiger partial charge in [-0.3, -0.25) is 4.79 Å². The largest absolute Gasteiger partial charge is 0.339 e. The third kappa shape index (κ3) is 4.82. The summed E-state index contributed by atoms with van der Waals surface area (Å²) in [5.74, 6) is 1.23. The van der Waals surface area contributed by atoms with Crippen LogP contribution in [0.5, 0.6) is 0 Å². The van der Waals surface area contributed by atoms with E-state index >= 15 is 0 Å². The van der Waals surface area contributed by atoms with E-state index in [9.17, 15) is 4.79 Å². The maximum absolute atomic E-state index is 12.3. The molecule has 3 rings (SSSR count). The van der Waals surface area contributed by atoms with Gasteiger partial charge in [0, 0.05) is 5.69 Å². The van der Waals surface area contributed by atoms with Crippen molar-refractivity contribution in [1.29, 1.82) is 0 Å². The van der Waals surface area contributed by atoms with Crippen molar-refractivity contribution in [3.8, 4) is 0 Å². The molecule has 1 heterocycles. The lowest BCUT2D eigenvalue weighted by atomic mass is 10.00. The van der Waals surface area contributed by atoms with Gasteiger partial charge in [0.1, 0.15) is 0 Å². The number of nitrogens with one attached hydrogen (secondary N) is 1. The first-order valence-corrected chi connectivity index (χ1v) is 9.18. The van der Waals surface area contributed by atoms with Crippen LogP contribution in [0.1, 0.15) is 53.7 Å². The van der Waals surface area contributed by atoms with Gasteiger partial charge < -0.3 is 9.84 Å². The van der Waals surface area contributed by atoms with E-state index in [1.165, 1.54) is 5.56 Å². The molecule has 0 saturated heterocycles. The fourth-order valence-corrected chi connectivity index (χ4v) is 3.01. The minimum absolute atomic E-state index is 0.0866. The Kier molecular flexibility index (Phi) is 5.69. The molecular formula is C22H25N3O2. The first-order valence-electron chi connectivity index (χ1n) is 9.18. The van der Waals surface area contributed by atoms with E-state index in [0.717, 1.165) is 22.4 Å². The first-order chi connectivity index (χ1) is 12.9. The van der Waals surface area contributed by atoms with Crippen LogP contribution in [0, 0.1) is 13.8 Å². The Bertz CT molecular complexity index is 924. The zero-order chi connectivity index (χ0) is 19.4. The molecule has 27 heavy (non-hydrogen) atoms. The van der Waals surface area contributed by atoms with Gasteiger partial charge in [-0.2, -0.15) is 4.98 Å². The monoisotopic (exact) mass is 363 g/mol. The molecular weight excluding hydrogens is 338 g/mol. The highest BCUT2D eigenvalue weighted by atomic mass is 16.5. The van der Waals surface area contributed by atoms with Crippen LogP contribution in [0.15, 0.2) is 47.0 Å². The van der Waals surface area contributed by atoms with Crippen molar-refractivity contribution in [2.75, 3.05) is 5.32 Å². The van der Waals surface area contributed by atoms with Gasteiger partial charge in [-0.1, -0.05) is 61.5 Å². The standard InChI is InChI=1S/C22H25N3O2/c1-14(2)18-10-6-9-17(11-18)12-21-23-19(25-27-21)13-20(26)24-22-15(3)7-5-8-16(22)4/h5-11,14H,12-13H2,1-4H3,(H,24,26). The lowest BCUT2D eigenvalue weighted by Crippen LogP contribution is -2.16. The molecule has 0 saturated carbocycles. The molecule has 1 aromatic heterocycles. The topological polar surface area (TPSA) is 68.0 Å². The van der Waals surface area contributed by atoms with Crippen LogP contribution in [0.4, 0.5) is 5.69 Å². The van der Waals surface area contributed by atoms with Crippen molar-refractivity contribution >= 4 is 11.6 Å². The van der Waals surface area contributed by atoms with Gasteiger partial charge in [0.2, 0.25) is 11.8 Å². The molecule has 1 N–H and O–H groups in total. The molecule has 0 radical (unpaired) electrons. The highest BCUT2D eigenvalue weighted by Gasteiger charge is 2.13. The second kappa shape index (κ2) is 8.16. The molecule has 0 fully saturated rings. The predicted octanol–water partition coefficient (Wildman–Crippen LogP) is 4.58. The lowest BCUT2D eigenvalue weighted by Gasteiger charge is -2.10. The zero-order valence-electron chi connectivity index (χ0n) is 16.2. The normalized spacial score (nSPS) is 11.0. The number of rotatable bonds is 6. The molecule has 5 nitrogen and oxygen atoms in total. The quantitative estimate of drug-likeness (QED) is 0.696. The minimum atomic E-state index is -0.151. The van der Waals surface area contributed by atoms with Gasteiger partial charge in [0.05, 0.1) is 12.8 Å². The maximum Gasteiger partial charge on any atom is 0.232 e. The summed E-state index contributed by atoms with van der Waals surface area (Å²) >= 11 is 0. The highest BCUT2D eigenvalue weighted by Crippen LogP contribution is 2.20. The third-order valence-electron chi connectivity index (χ3n) is 4.55. The molecule has 0 aliphatic heterocycles. The molecule has 0 atom stereocenters. The molecule has 1 amide bonds. The summed E-state index contributed by atoms with van der Waals surface area (Å²) in [5, 5.41) is 6.89. The molecule has 0 aliphatic carbocycles. The summed E-state index contributed by atoms with van der Waals surface area (Å²) in [6.07, 6.45) is 0.648. The first kappa shape index (κ1) is 18.8. The van der Waals surface area contributed by atoms with Gasteiger partial charge >= 0.3 is 0 Å². The third-order valence-corrected chi connectivity index (χ3v) is 4.55. The average Bonchev–Trinajstić information content (AvgIpc) is 3.05. The van der Waals surface area contributed by atoms with Crippen molar-refractivity contribution in [1.82, 2.24) is 10.1 Å². The summed E-state index contributed by atoms with van der Waals surface area (Å²) < 4.78 is 5.33. The van der Waals surface area contributed by atoms with Crippen molar-refractivity contribution in [3.63, 3.8) is 0 Å². The number of para-hydroxylation sites is 1. The van der Waals surface area contributed by atoms with Crippen LogP contribution in [0.3, 0.4) is 0 Å². The van der Waals surface area contributed by atoms with Crippen LogP contribution >= 0.6 is 0 Å². The predicted molar refractivity (Wildman–Crippen MR) is 106 cm³/mol. The molecule has 0 bridgehead atoms. The Labute approximate surface area is 159 Å². The van der Waals surface area contributed by atoms with Crippen LogP contribution in [0.25, 0.3) is 0 Å². The molecule has 5 heteroatoms. The number of nitrogens with zero attached hydrogens (tertiary/aromatic N) is 2. The van der Waals surface area contributed by atoms with E-state index in [4.69, 9.17) is 4.52 Å². The fraction of sp³-hybridized carbons (Fsp3) is 0.318. The summed E-state index contributed by atoms with van der Waals surface area (Å²) in [4.78, 5) is 16.7. The van der Waals surface area contributed by atoms with E-state index in [0.29, 0.717) is 24.1 Å². The number of hydrogen-bond acceptors (Lipinski definition) is 4. The SMILES string of the molecule is Cc1cccc(C)c1NC(=O)Cc1noc(Cc2cccc(C(C)C)c2)n1. The second-order valence-electron chi connectivity index (χ2n) is 7.17. The van der Waals surface area contributed by atoms with Gasteiger partial charge in [0.25, 0.3) is 0 Å². The van der Waals surface area contributed by atoms with E-state index in [-0.39, 0.29) is 12.3 Å². The number of carbonyl (C=O) groups excluding carboxylic acids is 1. The van der Waals surface area contributed by atoms with Crippen molar-refractivity contribution in [2.24, 2.45) is 0 Å². The molecule has 140 valence electrons. The fourth-order valence-electron chi connectivity index (χ4n) is 3.01. The molecule has 2 aromatic carbocycles. The van der Waals surface area contributed by atoms with E-state index in [1.807, 2.05) is 44.2 Å². The highest BCUT2D eigenvalue weighted by molar-refractivity contribution is 5.93. The average molecular weight is 363 g/mol. The Morgan fingerprint density at radius 1 is 1.11 bits per heavy atom. The van der Waals surface area contributed by atoms with Crippen molar-refractivity contribution in [3.05, 3.63) is 76.4 Å². The van der Waals surface area contributed by atoms with E-state index in [1.54, 1.807) is 0 Å². The van der Waals surface area contributed by atoms with Crippen LogP contribution in [-0.2, 0) is 17.6 Å².